The van der Waals surface area contributed by atoms with Crippen LogP contribution in [0, 0.1) is 5.41 Å². The Labute approximate surface area is 160 Å². The zero-order chi connectivity index (χ0) is 17.2. The Kier molecular flexibility index (Phi) is 6.59. The fourth-order valence-electron chi connectivity index (χ4n) is 2.97. The Hall–Kier alpha value is -1.44. The van der Waals surface area contributed by atoms with Crippen LogP contribution in [-0.2, 0) is 11.3 Å². The second-order valence-electron chi connectivity index (χ2n) is 6.68. The van der Waals surface area contributed by atoms with Gasteiger partial charge >= 0.3 is 0 Å². The normalized spacial score (nSPS) is 16.2. The third-order valence-electron chi connectivity index (χ3n) is 4.62. The highest BCUT2D eigenvalue weighted by molar-refractivity contribution is 9.10. The number of carbonyl (C=O) groups is 1. The molecule has 1 saturated heterocycles. The lowest BCUT2D eigenvalue weighted by molar-refractivity contribution is -0.122. The minimum Gasteiger partial charge on any atom is -0.354 e. The van der Waals surface area contributed by atoms with E-state index >= 15 is 0 Å². The van der Waals surface area contributed by atoms with E-state index < -0.39 is 0 Å². The minimum atomic E-state index is -0.204. The molecule has 1 aromatic heterocycles. The van der Waals surface area contributed by atoms with Crippen molar-refractivity contribution in [1.29, 1.82) is 0 Å². The molecule has 0 spiro atoms. The Morgan fingerprint density at radius 1 is 1.40 bits per heavy atom. The average molecular weight is 430 g/mol. The first-order valence-corrected chi connectivity index (χ1v) is 8.88. The van der Waals surface area contributed by atoms with Crippen molar-refractivity contribution < 1.29 is 4.79 Å². The number of fused-ring (bicyclic) bond motifs is 1. The number of hydrogen-bond acceptors (Lipinski definition) is 4. The maximum absolute atomic E-state index is 12.5. The third kappa shape index (κ3) is 4.80. The Balaban J connectivity index is 0.00000225. The van der Waals surface area contributed by atoms with Gasteiger partial charge in [0.25, 0.3) is 5.56 Å². The lowest BCUT2D eigenvalue weighted by atomic mass is 9.81. The van der Waals surface area contributed by atoms with Gasteiger partial charge in [-0.3, -0.25) is 14.2 Å². The van der Waals surface area contributed by atoms with Crippen molar-refractivity contribution >= 4 is 45.1 Å². The van der Waals surface area contributed by atoms with E-state index in [1.807, 2.05) is 6.07 Å². The summed E-state index contributed by atoms with van der Waals surface area (Å²) in [6.07, 6.45) is 3.52. The maximum atomic E-state index is 12.5. The molecule has 1 amide bonds. The number of hydrogen-bond donors (Lipinski definition) is 2. The maximum Gasteiger partial charge on any atom is 0.261 e. The summed E-state index contributed by atoms with van der Waals surface area (Å²) in [6.45, 7) is 4.78. The van der Waals surface area contributed by atoms with Gasteiger partial charge in [-0.05, 0) is 49.5 Å². The number of piperidine rings is 1. The van der Waals surface area contributed by atoms with Crippen LogP contribution in [0.15, 0.2) is 33.8 Å². The summed E-state index contributed by atoms with van der Waals surface area (Å²) in [6, 6.07) is 5.35. The molecule has 1 fully saturated rings. The number of nitrogens with zero attached hydrogens (tertiary/aromatic N) is 2. The van der Waals surface area contributed by atoms with E-state index in [-0.39, 0.29) is 35.8 Å². The Morgan fingerprint density at radius 3 is 2.84 bits per heavy atom. The topological polar surface area (TPSA) is 76.0 Å². The quantitative estimate of drug-likeness (QED) is 0.780. The summed E-state index contributed by atoms with van der Waals surface area (Å²) in [5.41, 5.74) is 0.546. The fourth-order valence-corrected chi connectivity index (χ4v) is 3.33. The van der Waals surface area contributed by atoms with Gasteiger partial charge < -0.3 is 10.6 Å². The summed E-state index contributed by atoms with van der Waals surface area (Å²) < 4.78 is 2.17. The number of nitrogens with one attached hydrogen (secondary N) is 2. The predicted octanol–water partition coefficient (Wildman–Crippen LogP) is 2.09. The van der Waals surface area contributed by atoms with Gasteiger partial charge in [0.15, 0.2) is 0 Å². The highest BCUT2D eigenvalue weighted by Crippen LogP contribution is 2.26. The molecule has 8 heteroatoms. The first-order valence-electron chi connectivity index (χ1n) is 8.09. The monoisotopic (exact) mass is 428 g/mol. The third-order valence-corrected chi connectivity index (χ3v) is 5.12. The molecule has 136 valence electrons. The van der Waals surface area contributed by atoms with Crippen LogP contribution in [0.25, 0.3) is 10.9 Å². The predicted molar refractivity (Wildman–Crippen MR) is 104 cm³/mol. The van der Waals surface area contributed by atoms with Crippen LogP contribution in [-0.4, -0.2) is 35.1 Å². The lowest BCUT2D eigenvalue weighted by Gasteiger charge is -2.34. The number of aromatic nitrogens is 2. The molecule has 25 heavy (non-hydrogen) atoms. The molecule has 0 aliphatic carbocycles. The summed E-state index contributed by atoms with van der Waals surface area (Å²) in [5, 5.41) is 6.80. The van der Waals surface area contributed by atoms with Gasteiger partial charge in [-0.15, -0.1) is 12.4 Å². The molecule has 0 radical (unpaired) electrons. The largest absolute Gasteiger partial charge is 0.354 e. The Bertz CT molecular complexity index is 818. The van der Waals surface area contributed by atoms with E-state index in [0.29, 0.717) is 17.4 Å². The smallest absolute Gasteiger partial charge is 0.261 e. The van der Waals surface area contributed by atoms with Crippen molar-refractivity contribution in [3.8, 4) is 0 Å². The van der Waals surface area contributed by atoms with Crippen LogP contribution >= 0.6 is 28.3 Å². The standard InChI is InChI=1S/C17H21BrN4O2.ClH/c1-17(4-6-19-7-5-17)10-20-15(23)9-22-11-21-14-3-2-12(18)8-13(14)16(22)24;/h2-3,8,11,19H,4-7,9-10H2,1H3,(H,20,23);1H. The molecule has 0 atom stereocenters. The SMILES string of the molecule is CC1(CNC(=O)Cn2cnc3ccc(Br)cc3c2=O)CCNCC1.Cl. The lowest BCUT2D eigenvalue weighted by Crippen LogP contribution is -2.44. The number of rotatable bonds is 4. The molecule has 2 heterocycles. The van der Waals surface area contributed by atoms with Gasteiger partial charge in [0.05, 0.1) is 17.2 Å². The van der Waals surface area contributed by atoms with Crippen molar-refractivity contribution in [3.05, 3.63) is 39.4 Å². The first-order chi connectivity index (χ1) is 11.5. The summed E-state index contributed by atoms with van der Waals surface area (Å²) in [7, 11) is 0. The van der Waals surface area contributed by atoms with E-state index in [1.54, 1.807) is 12.1 Å². The van der Waals surface area contributed by atoms with Crippen LogP contribution in [0.5, 0.6) is 0 Å². The molecule has 6 nitrogen and oxygen atoms in total. The highest BCUT2D eigenvalue weighted by Gasteiger charge is 2.27. The van der Waals surface area contributed by atoms with E-state index in [0.717, 1.165) is 30.4 Å². The van der Waals surface area contributed by atoms with E-state index in [2.05, 4.69) is 38.5 Å². The zero-order valence-electron chi connectivity index (χ0n) is 14.0. The van der Waals surface area contributed by atoms with E-state index in [4.69, 9.17) is 0 Å². The van der Waals surface area contributed by atoms with Gasteiger partial charge in [-0.2, -0.15) is 0 Å². The number of benzene rings is 1. The minimum absolute atomic E-state index is 0. The molecular weight excluding hydrogens is 408 g/mol. The van der Waals surface area contributed by atoms with Crippen LogP contribution < -0.4 is 16.2 Å². The van der Waals surface area contributed by atoms with Crippen molar-refractivity contribution in [3.63, 3.8) is 0 Å². The second-order valence-corrected chi connectivity index (χ2v) is 7.59. The molecule has 1 aliphatic rings. The molecule has 1 aliphatic heterocycles. The van der Waals surface area contributed by atoms with E-state index in [1.165, 1.54) is 10.9 Å². The number of halogens is 2. The molecule has 3 rings (SSSR count). The van der Waals surface area contributed by atoms with Gasteiger partial charge in [-0.1, -0.05) is 22.9 Å². The van der Waals surface area contributed by atoms with Crippen molar-refractivity contribution in [2.45, 2.75) is 26.3 Å². The summed E-state index contributed by atoms with van der Waals surface area (Å²) in [5.74, 6) is -0.159. The van der Waals surface area contributed by atoms with Crippen molar-refractivity contribution in [2.75, 3.05) is 19.6 Å². The molecule has 0 unspecified atom stereocenters. The number of carbonyl (C=O) groups excluding carboxylic acids is 1. The van der Waals surface area contributed by atoms with Crippen LogP contribution in [0.3, 0.4) is 0 Å². The van der Waals surface area contributed by atoms with Crippen molar-refractivity contribution in [2.24, 2.45) is 5.41 Å². The Morgan fingerprint density at radius 2 is 2.12 bits per heavy atom. The summed E-state index contributed by atoms with van der Waals surface area (Å²) in [4.78, 5) is 29.0. The molecule has 2 N–H and O–H groups in total. The molecular formula is C17H22BrClN4O2. The van der Waals surface area contributed by atoms with Gasteiger partial charge in [0.1, 0.15) is 6.54 Å². The number of amides is 1. The first kappa shape index (κ1) is 19.9. The average Bonchev–Trinajstić information content (AvgIpc) is 2.57. The second kappa shape index (κ2) is 8.29. The zero-order valence-corrected chi connectivity index (χ0v) is 16.5. The van der Waals surface area contributed by atoms with Crippen LogP contribution in [0.4, 0.5) is 0 Å². The fraction of sp³-hybridized carbons (Fsp3) is 0.471. The van der Waals surface area contributed by atoms with Gasteiger partial charge in [-0.25, -0.2) is 4.98 Å². The summed E-state index contributed by atoms with van der Waals surface area (Å²) >= 11 is 3.36. The molecule has 2 aromatic rings. The van der Waals surface area contributed by atoms with Crippen LogP contribution in [0.2, 0.25) is 0 Å². The van der Waals surface area contributed by atoms with Gasteiger partial charge in [0, 0.05) is 11.0 Å². The van der Waals surface area contributed by atoms with Gasteiger partial charge in [0.2, 0.25) is 5.91 Å². The van der Waals surface area contributed by atoms with E-state index in [9.17, 15) is 9.59 Å². The van der Waals surface area contributed by atoms with Crippen LogP contribution in [0.1, 0.15) is 19.8 Å². The molecule has 0 saturated carbocycles. The highest BCUT2D eigenvalue weighted by atomic mass is 79.9. The molecule has 0 bridgehead atoms. The van der Waals surface area contributed by atoms with Crippen molar-refractivity contribution in [1.82, 2.24) is 20.2 Å². The molecule has 1 aromatic carbocycles.